The van der Waals surface area contributed by atoms with E-state index in [2.05, 4.69) is 74.5 Å². The Hall–Kier alpha value is -2.87. The maximum absolute atomic E-state index is 12.8. The quantitative estimate of drug-likeness (QED) is 0.201. The largest absolute Gasteiger partial charge is 0.426 e. The Bertz CT molecular complexity index is 1040. The average molecular weight is 483 g/mol. The first-order valence-electron chi connectivity index (χ1n) is 14.1. The second-order valence-electron chi connectivity index (χ2n) is 10.6. The normalized spacial score (nSPS) is 18.5. The number of aryl methyl sites for hydroxylation is 1. The van der Waals surface area contributed by atoms with Gasteiger partial charge in [-0.2, -0.15) is 0 Å². The van der Waals surface area contributed by atoms with Crippen molar-refractivity contribution in [2.24, 2.45) is 11.8 Å². The van der Waals surface area contributed by atoms with Gasteiger partial charge in [-0.15, -0.1) is 0 Å². The van der Waals surface area contributed by atoms with Crippen molar-refractivity contribution in [3.05, 3.63) is 90.0 Å². The first-order valence-corrected chi connectivity index (χ1v) is 14.1. The molecule has 1 atom stereocenters. The summed E-state index contributed by atoms with van der Waals surface area (Å²) in [5.74, 6) is 2.12. The summed E-state index contributed by atoms with van der Waals surface area (Å²) < 4.78 is 5.79. The third-order valence-electron chi connectivity index (χ3n) is 8.02. The lowest BCUT2D eigenvalue weighted by Crippen LogP contribution is -2.20. The number of carbonyl (C=O) groups excluding carboxylic acids is 1. The summed E-state index contributed by atoms with van der Waals surface area (Å²) in [6.45, 7) is 4.37. The highest BCUT2D eigenvalue weighted by molar-refractivity contribution is 5.75. The minimum Gasteiger partial charge on any atom is -0.426 e. The molecule has 1 saturated carbocycles. The van der Waals surface area contributed by atoms with E-state index in [4.69, 9.17) is 4.74 Å². The van der Waals surface area contributed by atoms with Gasteiger partial charge >= 0.3 is 5.97 Å². The third kappa shape index (κ3) is 7.32. The molecule has 3 aromatic rings. The maximum Gasteiger partial charge on any atom is 0.314 e. The Balaban J connectivity index is 1.22. The Morgan fingerprint density at radius 1 is 0.833 bits per heavy atom. The molecule has 1 fully saturated rings. The van der Waals surface area contributed by atoms with Gasteiger partial charge in [-0.1, -0.05) is 93.4 Å². The number of ether oxygens (including phenoxy) is 1. The van der Waals surface area contributed by atoms with Crippen LogP contribution in [0.5, 0.6) is 5.75 Å². The molecule has 0 aliphatic heterocycles. The van der Waals surface area contributed by atoms with Gasteiger partial charge in [-0.3, -0.25) is 4.79 Å². The Morgan fingerprint density at radius 2 is 1.50 bits per heavy atom. The molecule has 0 spiro atoms. The van der Waals surface area contributed by atoms with E-state index < -0.39 is 0 Å². The summed E-state index contributed by atoms with van der Waals surface area (Å²) in [7, 11) is 0. The zero-order valence-electron chi connectivity index (χ0n) is 22.1. The van der Waals surface area contributed by atoms with Crippen molar-refractivity contribution in [2.45, 2.75) is 84.0 Å². The van der Waals surface area contributed by atoms with Gasteiger partial charge in [-0.25, -0.2) is 0 Å². The molecule has 190 valence electrons. The molecule has 3 aromatic carbocycles. The predicted octanol–water partition coefficient (Wildman–Crippen LogP) is 9.38. The van der Waals surface area contributed by atoms with Crippen LogP contribution in [0, 0.1) is 11.8 Å². The highest BCUT2D eigenvalue weighted by Crippen LogP contribution is 2.38. The van der Waals surface area contributed by atoms with Crippen molar-refractivity contribution in [1.29, 1.82) is 0 Å². The number of rotatable bonds is 11. The average Bonchev–Trinajstić information content (AvgIpc) is 2.93. The van der Waals surface area contributed by atoms with Gasteiger partial charge in [0.1, 0.15) is 5.75 Å². The molecule has 0 bridgehead atoms. The molecular weight excluding hydrogens is 440 g/mol. The van der Waals surface area contributed by atoms with Gasteiger partial charge in [0.2, 0.25) is 0 Å². The topological polar surface area (TPSA) is 26.3 Å². The van der Waals surface area contributed by atoms with Gasteiger partial charge in [0.05, 0.1) is 5.92 Å². The third-order valence-corrected chi connectivity index (χ3v) is 8.02. The molecule has 0 saturated heterocycles. The molecule has 2 heteroatoms. The predicted molar refractivity (Wildman–Crippen MR) is 150 cm³/mol. The number of hydrogen-bond donors (Lipinski definition) is 0. The first kappa shape index (κ1) is 26.2. The van der Waals surface area contributed by atoms with Gasteiger partial charge in [0.15, 0.2) is 0 Å². The highest BCUT2D eigenvalue weighted by atomic mass is 16.5. The zero-order valence-corrected chi connectivity index (χ0v) is 22.1. The van der Waals surface area contributed by atoms with Crippen LogP contribution in [0.4, 0.5) is 0 Å². The molecule has 0 radical (unpaired) electrons. The molecule has 1 aliphatic carbocycles. The molecule has 1 aliphatic rings. The highest BCUT2D eigenvalue weighted by Gasteiger charge is 2.22. The molecule has 0 N–H and O–H groups in total. The van der Waals surface area contributed by atoms with Crippen molar-refractivity contribution in [1.82, 2.24) is 0 Å². The fraction of sp³-hybridized carbons (Fsp3) is 0.441. The maximum atomic E-state index is 12.8. The minimum absolute atomic E-state index is 0.0536. The molecule has 0 aromatic heterocycles. The van der Waals surface area contributed by atoms with E-state index >= 15 is 0 Å². The van der Waals surface area contributed by atoms with Crippen LogP contribution in [-0.4, -0.2) is 5.97 Å². The first-order chi connectivity index (χ1) is 17.7. The second kappa shape index (κ2) is 13.4. The summed E-state index contributed by atoms with van der Waals surface area (Å²) in [5.41, 5.74) is 5.20. The number of esters is 1. The fourth-order valence-corrected chi connectivity index (χ4v) is 5.74. The van der Waals surface area contributed by atoms with Gasteiger partial charge in [0.25, 0.3) is 0 Å². The molecule has 36 heavy (non-hydrogen) atoms. The molecule has 4 rings (SSSR count). The van der Waals surface area contributed by atoms with Crippen LogP contribution in [-0.2, 0) is 11.2 Å². The SMILES string of the molecule is CCC[C@H]1CC[C@H](c2ccc(OC(=O)C(CC)CCCc3ccc(-c4ccccc4)cc3)cc2)CC1. The van der Waals surface area contributed by atoms with Crippen LogP contribution in [0.2, 0.25) is 0 Å². The van der Waals surface area contributed by atoms with Crippen molar-refractivity contribution < 1.29 is 9.53 Å². The summed E-state index contributed by atoms with van der Waals surface area (Å²) in [6.07, 6.45) is 11.6. The summed E-state index contributed by atoms with van der Waals surface area (Å²) in [5, 5.41) is 0. The van der Waals surface area contributed by atoms with Gasteiger partial charge in [-0.05, 0) is 97.6 Å². The smallest absolute Gasteiger partial charge is 0.314 e. The lowest BCUT2D eigenvalue weighted by Gasteiger charge is -2.28. The van der Waals surface area contributed by atoms with E-state index in [1.165, 1.54) is 60.8 Å². The van der Waals surface area contributed by atoms with Crippen LogP contribution in [0.15, 0.2) is 78.9 Å². The van der Waals surface area contributed by atoms with Crippen molar-refractivity contribution in [2.75, 3.05) is 0 Å². The fourth-order valence-electron chi connectivity index (χ4n) is 5.74. The minimum atomic E-state index is -0.0928. The lowest BCUT2D eigenvalue weighted by atomic mass is 9.77. The van der Waals surface area contributed by atoms with E-state index in [0.29, 0.717) is 11.7 Å². The van der Waals surface area contributed by atoms with Crippen LogP contribution in [0.3, 0.4) is 0 Å². The van der Waals surface area contributed by atoms with Crippen LogP contribution in [0.25, 0.3) is 11.1 Å². The summed E-state index contributed by atoms with van der Waals surface area (Å²) in [6, 6.07) is 27.6. The van der Waals surface area contributed by atoms with Crippen molar-refractivity contribution in [3.63, 3.8) is 0 Å². The van der Waals surface area contributed by atoms with Crippen LogP contribution in [0.1, 0.15) is 88.7 Å². The van der Waals surface area contributed by atoms with E-state index in [1.54, 1.807) is 0 Å². The lowest BCUT2D eigenvalue weighted by molar-refractivity contribution is -0.139. The number of carbonyl (C=O) groups is 1. The van der Waals surface area contributed by atoms with E-state index in [1.807, 2.05) is 18.2 Å². The van der Waals surface area contributed by atoms with Gasteiger partial charge in [0, 0.05) is 0 Å². The van der Waals surface area contributed by atoms with Crippen LogP contribution >= 0.6 is 0 Å². The standard InChI is InChI=1S/C34H42O2/c1-3-9-26-14-18-31(19-15-26)32-22-24-33(25-23-32)36-34(35)28(4-2)13-8-10-27-16-20-30(21-17-27)29-11-6-5-7-12-29/h5-7,11-12,16-17,20-26,28,31H,3-4,8-10,13-15,18-19H2,1-2H3/t26-,28?,31-. The zero-order chi connectivity index (χ0) is 25.2. The van der Waals surface area contributed by atoms with Gasteiger partial charge < -0.3 is 4.74 Å². The second-order valence-corrected chi connectivity index (χ2v) is 10.6. The summed E-state index contributed by atoms with van der Waals surface area (Å²) in [4.78, 5) is 12.8. The van der Waals surface area contributed by atoms with Crippen LogP contribution < -0.4 is 4.74 Å². The van der Waals surface area contributed by atoms with E-state index in [9.17, 15) is 4.79 Å². The van der Waals surface area contributed by atoms with E-state index in [-0.39, 0.29) is 11.9 Å². The van der Waals surface area contributed by atoms with Crippen molar-refractivity contribution >= 4 is 5.97 Å². The Labute approximate surface area is 218 Å². The Morgan fingerprint density at radius 3 is 2.14 bits per heavy atom. The van der Waals surface area contributed by atoms with E-state index in [0.717, 1.165) is 31.6 Å². The monoisotopic (exact) mass is 482 g/mol. The van der Waals surface area contributed by atoms with Crippen molar-refractivity contribution in [3.8, 4) is 16.9 Å². The summed E-state index contributed by atoms with van der Waals surface area (Å²) >= 11 is 0. The molecular formula is C34H42O2. The Kier molecular flexibility index (Phi) is 9.78. The molecule has 2 nitrogen and oxygen atoms in total. The molecule has 1 unspecified atom stereocenters. The molecule has 0 amide bonds. The number of benzene rings is 3. The number of hydrogen-bond acceptors (Lipinski definition) is 2. The molecule has 0 heterocycles.